The molecule has 0 fully saturated rings. The molecule has 0 heterocycles. The van der Waals surface area contributed by atoms with E-state index in [1.165, 1.54) is 0 Å². The molecule has 4 heteroatoms. The third-order valence-electron chi connectivity index (χ3n) is 2.30. The SMILES string of the molecule is CCOCC(C)OCCCCC(C)(N)C#N. The summed E-state index contributed by atoms with van der Waals surface area (Å²) in [6.07, 6.45) is 2.71. The second-order valence-electron chi connectivity index (χ2n) is 4.33. The van der Waals surface area contributed by atoms with Gasteiger partial charge < -0.3 is 15.2 Å². The van der Waals surface area contributed by atoms with Crippen molar-refractivity contribution in [3.05, 3.63) is 0 Å². The van der Waals surface area contributed by atoms with E-state index in [0.29, 0.717) is 19.6 Å². The Kier molecular flexibility index (Phi) is 8.18. The van der Waals surface area contributed by atoms with Crippen molar-refractivity contribution < 1.29 is 9.47 Å². The molecule has 0 aliphatic carbocycles. The van der Waals surface area contributed by atoms with E-state index in [1.807, 2.05) is 13.8 Å². The van der Waals surface area contributed by atoms with Crippen LogP contribution in [-0.4, -0.2) is 31.5 Å². The molecular weight excluding hydrogens is 204 g/mol. The molecule has 0 aliphatic heterocycles. The molecule has 0 aromatic heterocycles. The van der Waals surface area contributed by atoms with Crippen molar-refractivity contribution in [1.82, 2.24) is 0 Å². The summed E-state index contributed by atoms with van der Waals surface area (Å²) in [6.45, 7) is 7.79. The highest BCUT2D eigenvalue weighted by Gasteiger charge is 2.15. The number of unbranched alkanes of at least 4 members (excludes halogenated alkanes) is 1. The van der Waals surface area contributed by atoms with Gasteiger partial charge >= 0.3 is 0 Å². The van der Waals surface area contributed by atoms with Crippen LogP contribution >= 0.6 is 0 Å². The van der Waals surface area contributed by atoms with E-state index in [9.17, 15) is 0 Å². The molecule has 0 saturated heterocycles. The third-order valence-corrected chi connectivity index (χ3v) is 2.30. The highest BCUT2D eigenvalue weighted by Crippen LogP contribution is 2.09. The summed E-state index contributed by atoms with van der Waals surface area (Å²) in [4.78, 5) is 0. The molecule has 0 rings (SSSR count). The summed E-state index contributed by atoms with van der Waals surface area (Å²) in [5, 5.41) is 8.71. The van der Waals surface area contributed by atoms with Gasteiger partial charge in [-0.3, -0.25) is 0 Å². The number of ether oxygens (including phenoxy) is 2. The van der Waals surface area contributed by atoms with Gasteiger partial charge in [-0.1, -0.05) is 0 Å². The Labute approximate surface area is 98.7 Å². The van der Waals surface area contributed by atoms with Crippen LogP contribution in [0.2, 0.25) is 0 Å². The van der Waals surface area contributed by atoms with Gasteiger partial charge in [-0.15, -0.1) is 0 Å². The quantitative estimate of drug-likeness (QED) is 0.611. The lowest BCUT2D eigenvalue weighted by molar-refractivity contribution is -0.00472. The molecule has 2 unspecified atom stereocenters. The van der Waals surface area contributed by atoms with Crippen LogP contribution < -0.4 is 5.73 Å². The normalized spacial score (nSPS) is 16.4. The summed E-state index contributed by atoms with van der Waals surface area (Å²) >= 11 is 0. The molecule has 2 N–H and O–H groups in total. The lowest BCUT2D eigenvalue weighted by Crippen LogP contribution is -2.33. The lowest BCUT2D eigenvalue weighted by Gasteiger charge is -2.16. The molecule has 0 aliphatic rings. The van der Waals surface area contributed by atoms with Gasteiger partial charge in [0.25, 0.3) is 0 Å². The highest BCUT2D eigenvalue weighted by molar-refractivity contribution is 5.00. The summed E-state index contributed by atoms with van der Waals surface area (Å²) in [5.74, 6) is 0. The maximum Gasteiger partial charge on any atom is 0.101 e. The van der Waals surface area contributed by atoms with Crippen molar-refractivity contribution in [2.24, 2.45) is 5.73 Å². The second-order valence-corrected chi connectivity index (χ2v) is 4.33. The first kappa shape index (κ1) is 15.4. The first-order chi connectivity index (χ1) is 7.52. The number of rotatable bonds is 9. The maximum atomic E-state index is 8.71. The van der Waals surface area contributed by atoms with E-state index >= 15 is 0 Å². The Hall–Kier alpha value is -0.630. The van der Waals surface area contributed by atoms with Crippen LogP contribution in [0.3, 0.4) is 0 Å². The van der Waals surface area contributed by atoms with Gasteiger partial charge in [0.05, 0.1) is 18.8 Å². The lowest BCUT2D eigenvalue weighted by atomic mass is 9.98. The molecule has 4 nitrogen and oxygen atoms in total. The number of nitrogens with zero attached hydrogens (tertiary/aromatic N) is 1. The Morgan fingerprint density at radius 2 is 2.12 bits per heavy atom. The van der Waals surface area contributed by atoms with E-state index < -0.39 is 5.54 Å². The van der Waals surface area contributed by atoms with Gasteiger partial charge in [0.2, 0.25) is 0 Å². The van der Waals surface area contributed by atoms with Crippen LogP contribution in [-0.2, 0) is 9.47 Å². The molecule has 0 bridgehead atoms. The molecule has 2 atom stereocenters. The molecule has 0 amide bonds. The van der Waals surface area contributed by atoms with E-state index in [1.54, 1.807) is 6.92 Å². The topological polar surface area (TPSA) is 68.3 Å². The van der Waals surface area contributed by atoms with Crippen molar-refractivity contribution in [1.29, 1.82) is 5.26 Å². The van der Waals surface area contributed by atoms with Crippen molar-refractivity contribution in [2.75, 3.05) is 19.8 Å². The number of nitriles is 1. The second kappa shape index (κ2) is 8.51. The Balaban J connectivity index is 3.37. The van der Waals surface area contributed by atoms with Crippen LogP contribution in [0.1, 0.15) is 40.0 Å². The fraction of sp³-hybridized carbons (Fsp3) is 0.917. The predicted molar refractivity (Wildman–Crippen MR) is 64.0 cm³/mol. The Morgan fingerprint density at radius 1 is 1.44 bits per heavy atom. The fourth-order valence-electron chi connectivity index (χ4n) is 1.27. The third kappa shape index (κ3) is 8.66. The number of hydrogen-bond donors (Lipinski definition) is 1. The zero-order valence-electron chi connectivity index (χ0n) is 10.7. The van der Waals surface area contributed by atoms with E-state index in [-0.39, 0.29) is 6.10 Å². The van der Waals surface area contributed by atoms with E-state index in [0.717, 1.165) is 19.4 Å². The number of nitrogens with two attached hydrogens (primary N) is 1. The fourth-order valence-corrected chi connectivity index (χ4v) is 1.27. The first-order valence-corrected chi connectivity index (χ1v) is 5.91. The van der Waals surface area contributed by atoms with Gasteiger partial charge in [0.15, 0.2) is 0 Å². The largest absolute Gasteiger partial charge is 0.379 e. The van der Waals surface area contributed by atoms with Crippen molar-refractivity contribution >= 4 is 0 Å². The van der Waals surface area contributed by atoms with Crippen LogP contribution in [0, 0.1) is 11.3 Å². The zero-order chi connectivity index (χ0) is 12.4. The summed E-state index contributed by atoms with van der Waals surface area (Å²) in [7, 11) is 0. The minimum Gasteiger partial charge on any atom is -0.379 e. The van der Waals surface area contributed by atoms with Crippen molar-refractivity contribution in [3.8, 4) is 6.07 Å². The molecule has 0 aromatic carbocycles. The summed E-state index contributed by atoms with van der Waals surface area (Å²) < 4.78 is 10.8. The van der Waals surface area contributed by atoms with Crippen molar-refractivity contribution in [3.63, 3.8) is 0 Å². The summed E-state index contributed by atoms with van der Waals surface area (Å²) in [5.41, 5.74) is 5.00. The van der Waals surface area contributed by atoms with Gasteiger partial charge in [-0.2, -0.15) is 5.26 Å². The van der Waals surface area contributed by atoms with Crippen LogP contribution in [0.5, 0.6) is 0 Å². The van der Waals surface area contributed by atoms with Gasteiger partial charge in [-0.25, -0.2) is 0 Å². The van der Waals surface area contributed by atoms with Gasteiger partial charge in [-0.05, 0) is 40.0 Å². The molecule has 94 valence electrons. The highest BCUT2D eigenvalue weighted by atomic mass is 16.5. The van der Waals surface area contributed by atoms with Crippen LogP contribution in [0.15, 0.2) is 0 Å². The zero-order valence-corrected chi connectivity index (χ0v) is 10.7. The molecule has 0 saturated carbocycles. The summed E-state index contributed by atoms with van der Waals surface area (Å²) in [6, 6.07) is 2.09. The minimum atomic E-state index is -0.697. The molecule has 0 aromatic rings. The molecular formula is C12H24N2O2. The molecule has 0 spiro atoms. The van der Waals surface area contributed by atoms with Gasteiger partial charge in [0.1, 0.15) is 5.54 Å². The molecule has 0 radical (unpaired) electrons. The number of hydrogen-bond acceptors (Lipinski definition) is 4. The molecule has 16 heavy (non-hydrogen) atoms. The smallest absolute Gasteiger partial charge is 0.101 e. The van der Waals surface area contributed by atoms with Crippen LogP contribution in [0.25, 0.3) is 0 Å². The monoisotopic (exact) mass is 228 g/mol. The van der Waals surface area contributed by atoms with Gasteiger partial charge in [0, 0.05) is 13.2 Å². The average molecular weight is 228 g/mol. The average Bonchev–Trinajstić information content (AvgIpc) is 2.25. The predicted octanol–water partition coefficient (Wildman–Crippen LogP) is 1.84. The minimum absolute atomic E-state index is 0.139. The maximum absolute atomic E-state index is 8.71. The van der Waals surface area contributed by atoms with Crippen molar-refractivity contribution in [2.45, 2.75) is 51.7 Å². The Bertz CT molecular complexity index is 212. The Morgan fingerprint density at radius 3 is 2.69 bits per heavy atom. The van der Waals surface area contributed by atoms with E-state index in [4.69, 9.17) is 20.5 Å². The first-order valence-electron chi connectivity index (χ1n) is 5.91. The van der Waals surface area contributed by atoms with E-state index in [2.05, 4.69) is 6.07 Å². The standard InChI is InChI=1S/C12H24N2O2/c1-4-15-9-11(2)16-8-6-5-7-12(3,14)10-13/h11H,4-9,14H2,1-3H3. The van der Waals surface area contributed by atoms with Crippen LogP contribution in [0.4, 0.5) is 0 Å².